The Balaban J connectivity index is 3.72. The maximum atomic E-state index is 12.2. The number of hydrogen-bond acceptors (Lipinski definition) is 5. The van der Waals surface area contributed by atoms with Crippen LogP contribution in [0.1, 0.15) is 168 Å². The average Bonchev–Trinajstić information content (AvgIpc) is 3.23. The lowest BCUT2D eigenvalue weighted by Crippen LogP contribution is -2.28. The molecule has 0 aliphatic carbocycles. The zero-order valence-electron chi connectivity index (χ0n) is 36.7. The van der Waals surface area contributed by atoms with E-state index >= 15 is 0 Å². The van der Waals surface area contributed by atoms with Crippen LogP contribution in [0.25, 0.3) is 0 Å². The van der Waals surface area contributed by atoms with Gasteiger partial charge in [-0.15, -0.1) is 0 Å². The van der Waals surface area contributed by atoms with E-state index in [-0.39, 0.29) is 25.2 Å². The van der Waals surface area contributed by atoms with Crippen molar-refractivity contribution in [3.05, 3.63) is 134 Å². The minimum absolute atomic E-state index is 0.0963. The number of esters is 2. The molecule has 58 heavy (non-hydrogen) atoms. The summed E-state index contributed by atoms with van der Waals surface area (Å²) in [6.45, 7) is 3.89. The Hall–Kier alpha value is -3.96. The van der Waals surface area contributed by atoms with Crippen molar-refractivity contribution in [1.82, 2.24) is 0 Å². The Kier molecular flexibility index (Phi) is 44.2. The van der Waals surface area contributed by atoms with Crippen molar-refractivity contribution in [2.75, 3.05) is 13.2 Å². The molecule has 0 fully saturated rings. The van der Waals surface area contributed by atoms with Gasteiger partial charge in [0.1, 0.15) is 6.61 Å². The second-order valence-corrected chi connectivity index (χ2v) is 14.4. The van der Waals surface area contributed by atoms with Gasteiger partial charge in [0, 0.05) is 12.8 Å². The Morgan fingerprint density at radius 2 is 0.741 bits per heavy atom. The predicted octanol–water partition coefficient (Wildman–Crippen LogP) is 15.0. The monoisotopic (exact) mass is 799 g/mol. The fourth-order valence-corrected chi connectivity index (χ4v) is 5.52. The third-order valence-corrected chi connectivity index (χ3v) is 8.91. The number of rotatable bonds is 39. The van der Waals surface area contributed by atoms with Gasteiger partial charge in [-0.05, 0) is 109 Å². The van der Waals surface area contributed by atoms with Crippen LogP contribution in [0, 0.1) is 0 Å². The van der Waals surface area contributed by atoms with Gasteiger partial charge in [-0.25, -0.2) is 0 Å². The van der Waals surface area contributed by atoms with Gasteiger partial charge in [0.2, 0.25) is 0 Å². The molecule has 0 aromatic carbocycles. The summed E-state index contributed by atoms with van der Waals surface area (Å²) in [7, 11) is 0. The number of hydrogen-bond donors (Lipinski definition) is 1. The Labute approximate surface area is 355 Å². The second-order valence-electron chi connectivity index (χ2n) is 14.4. The number of ether oxygens (including phenoxy) is 2. The molecule has 0 aromatic rings. The molecular weight excluding hydrogens is 717 g/mol. The number of unbranched alkanes of at least 4 members (excludes halogenated alkanes) is 9. The summed E-state index contributed by atoms with van der Waals surface area (Å²) >= 11 is 0. The summed E-state index contributed by atoms with van der Waals surface area (Å²) < 4.78 is 10.6. The molecule has 0 amide bonds. The molecule has 0 aromatic heterocycles. The average molecular weight is 799 g/mol. The lowest BCUT2D eigenvalue weighted by atomic mass is 10.1. The number of carbonyl (C=O) groups excluding carboxylic acids is 2. The lowest BCUT2D eigenvalue weighted by Gasteiger charge is -2.15. The van der Waals surface area contributed by atoms with Crippen molar-refractivity contribution in [2.45, 2.75) is 174 Å². The number of carbonyl (C=O) groups is 2. The van der Waals surface area contributed by atoms with E-state index in [0.717, 1.165) is 128 Å². The van der Waals surface area contributed by atoms with Crippen molar-refractivity contribution in [2.24, 2.45) is 0 Å². The van der Waals surface area contributed by atoms with Gasteiger partial charge in [0.15, 0.2) is 6.10 Å². The molecule has 1 N–H and O–H groups in total. The SMILES string of the molecule is CC/C=C\C/C=C\C/C=C\C/C=C\C/C=C\C/C=C\C/C=C\C/C=C\C/C=C\CCCCCC(=O)OC(CO)COC(=O)CCCCCCC/C=C\C/C=C\CCC. The van der Waals surface area contributed by atoms with Gasteiger partial charge in [0.05, 0.1) is 6.61 Å². The minimum Gasteiger partial charge on any atom is -0.462 e. The number of allylic oxidation sites excluding steroid dienone is 22. The van der Waals surface area contributed by atoms with Crippen LogP contribution in [-0.4, -0.2) is 36.4 Å². The highest BCUT2D eigenvalue weighted by atomic mass is 16.6. The summed E-state index contributed by atoms with van der Waals surface area (Å²) in [5, 5.41) is 9.57. The standard InChI is InChI=1S/C53H82O5/c1-3-5-7-9-11-13-15-17-18-19-20-21-22-23-24-25-26-27-28-29-30-31-32-33-34-36-38-40-42-44-46-48-53(56)58-51(49-54)50-57-52(55)47-45-43-41-39-37-35-16-14-12-10-8-6-4-2/h5,7-8,10-11,13-14,16-18,20-21,23-24,26-27,29-30,32-33,36,38,51,54H,3-4,6,9,12,15,19,22,25,28,31,34-35,37,39-50H2,1-2H3/b7-5-,10-8-,13-11-,16-14-,18-17-,21-20-,24-23-,27-26-,30-29-,33-32-,38-36-. The summed E-state index contributed by atoms with van der Waals surface area (Å²) in [5.74, 6) is -0.661. The maximum absolute atomic E-state index is 12.2. The van der Waals surface area contributed by atoms with Gasteiger partial charge in [-0.3, -0.25) is 9.59 Å². The highest BCUT2D eigenvalue weighted by molar-refractivity contribution is 5.70. The molecule has 0 radical (unpaired) electrons. The van der Waals surface area contributed by atoms with Crippen LogP contribution >= 0.6 is 0 Å². The molecule has 0 rings (SSSR count). The fourth-order valence-electron chi connectivity index (χ4n) is 5.52. The molecule has 0 heterocycles. The van der Waals surface area contributed by atoms with E-state index in [1.165, 1.54) is 12.8 Å². The van der Waals surface area contributed by atoms with E-state index in [1.807, 2.05) is 0 Å². The summed E-state index contributed by atoms with van der Waals surface area (Å²) in [4.78, 5) is 24.3. The highest BCUT2D eigenvalue weighted by Crippen LogP contribution is 2.10. The third-order valence-electron chi connectivity index (χ3n) is 8.91. The van der Waals surface area contributed by atoms with Gasteiger partial charge in [-0.1, -0.05) is 180 Å². The van der Waals surface area contributed by atoms with E-state index in [4.69, 9.17) is 9.47 Å². The smallest absolute Gasteiger partial charge is 0.306 e. The summed E-state index contributed by atoms with van der Waals surface area (Å²) in [6, 6.07) is 0. The first-order chi connectivity index (χ1) is 28.6. The number of aliphatic hydroxyl groups is 1. The Morgan fingerprint density at radius 1 is 0.414 bits per heavy atom. The molecule has 1 atom stereocenters. The molecule has 1 unspecified atom stereocenters. The van der Waals surface area contributed by atoms with E-state index in [0.29, 0.717) is 12.8 Å². The zero-order valence-corrected chi connectivity index (χ0v) is 36.7. The first-order valence-corrected chi connectivity index (χ1v) is 22.7. The topological polar surface area (TPSA) is 72.8 Å². The van der Waals surface area contributed by atoms with Crippen molar-refractivity contribution in [3.63, 3.8) is 0 Å². The van der Waals surface area contributed by atoms with Crippen LogP contribution in [0.15, 0.2) is 134 Å². The van der Waals surface area contributed by atoms with E-state index < -0.39 is 6.10 Å². The van der Waals surface area contributed by atoms with Crippen LogP contribution in [0.5, 0.6) is 0 Å². The number of aliphatic hydroxyl groups excluding tert-OH is 1. The largest absolute Gasteiger partial charge is 0.462 e. The maximum Gasteiger partial charge on any atom is 0.306 e. The fraction of sp³-hybridized carbons (Fsp3) is 0.547. The summed E-state index contributed by atoms with van der Waals surface area (Å²) in [5.41, 5.74) is 0. The molecule has 0 saturated heterocycles. The summed E-state index contributed by atoms with van der Waals surface area (Å²) in [6.07, 6.45) is 71.0. The van der Waals surface area contributed by atoms with Crippen LogP contribution in [0.4, 0.5) is 0 Å². The highest BCUT2D eigenvalue weighted by Gasteiger charge is 2.16. The van der Waals surface area contributed by atoms with Gasteiger partial charge in [0.25, 0.3) is 0 Å². The van der Waals surface area contributed by atoms with E-state index in [9.17, 15) is 14.7 Å². The Morgan fingerprint density at radius 3 is 1.14 bits per heavy atom. The van der Waals surface area contributed by atoms with Crippen LogP contribution in [0.2, 0.25) is 0 Å². The predicted molar refractivity (Wildman–Crippen MR) is 251 cm³/mol. The lowest BCUT2D eigenvalue weighted by molar-refractivity contribution is -0.161. The molecule has 0 aliphatic heterocycles. The quantitative estimate of drug-likeness (QED) is 0.0381. The van der Waals surface area contributed by atoms with Gasteiger partial charge < -0.3 is 14.6 Å². The van der Waals surface area contributed by atoms with Crippen LogP contribution < -0.4 is 0 Å². The third kappa shape index (κ3) is 44.8. The molecule has 0 saturated carbocycles. The van der Waals surface area contributed by atoms with Crippen molar-refractivity contribution >= 4 is 11.9 Å². The molecule has 5 nitrogen and oxygen atoms in total. The zero-order chi connectivity index (χ0) is 42.1. The van der Waals surface area contributed by atoms with Gasteiger partial charge in [-0.2, -0.15) is 0 Å². The molecule has 0 bridgehead atoms. The molecule has 5 heteroatoms. The Bertz CT molecular complexity index is 1270. The van der Waals surface area contributed by atoms with E-state index in [1.54, 1.807) is 0 Å². The normalized spacial score (nSPS) is 13.5. The first kappa shape index (κ1) is 54.0. The van der Waals surface area contributed by atoms with Crippen molar-refractivity contribution < 1.29 is 24.2 Å². The molecule has 324 valence electrons. The van der Waals surface area contributed by atoms with Crippen molar-refractivity contribution in [3.8, 4) is 0 Å². The second kappa shape index (κ2) is 47.4. The van der Waals surface area contributed by atoms with Crippen LogP contribution in [-0.2, 0) is 19.1 Å². The van der Waals surface area contributed by atoms with Crippen molar-refractivity contribution in [1.29, 1.82) is 0 Å². The molecular formula is C53H82O5. The molecule has 0 spiro atoms. The minimum atomic E-state index is -0.805. The first-order valence-electron chi connectivity index (χ1n) is 22.7. The van der Waals surface area contributed by atoms with Crippen LogP contribution in [0.3, 0.4) is 0 Å². The molecule has 0 aliphatic rings. The van der Waals surface area contributed by atoms with E-state index in [2.05, 4.69) is 148 Å². The van der Waals surface area contributed by atoms with Gasteiger partial charge >= 0.3 is 11.9 Å².